The minimum absolute atomic E-state index is 0.0172. The van der Waals surface area contributed by atoms with E-state index in [0.29, 0.717) is 5.56 Å². The van der Waals surface area contributed by atoms with Crippen LogP contribution in [-0.4, -0.2) is 17.4 Å². The van der Waals surface area contributed by atoms with Gasteiger partial charge in [-0.05, 0) is 13.0 Å². The molecule has 86 valence electrons. The number of nitro groups is 1. The van der Waals surface area contributed by atoms with Gasteiger partial charge in [0.05, 0.1) is 10.9 Å². The van der Waals surface area contributed by atoms with Crippen LogP contribution in [0.1, 0.15) is 11.1 Å². The van der Waals surface area contributed by atoms with Gasteiger partial charge < -0.3 is 15.2 Å². The highest BCUT2D eigenvalue weighted by Crippen LogP contribution is 2.19. The van der Waals surface area contributed by atoms with Gasteiger partial charge in [0.2, 0.25) is 0 Å². The van der Waals surface area contributed by atoms with E-state index >= 15 is 0 Å². The number of carbonyl (C=O) groups is 1. The Balaban J connectivity index is 2.80. The van der Waals surface area contributed by atoms with Gasteiger partial charge in [-0.25, -0.2) is 0 Å². The summed E-state index contributed by atoms with van der Waals surface area (Å²) in [6.07, 6.45) is 0. The van der Waals surface area contributed by atoms with Crippen molar-refractivity contribution >= 4 is 11.7 Å². The zero-order valence-electron chi connectivity index (χ0n) is 8.73. The van der Waals surface area contributed by atoms with E-state index in [1.165, 1.54) is 6.07 Å². The van der Waals surface area contributed by atoms with E-state index in [4.69, 9.17) is 0 Å². The number of rotatable bonds is 5. The Hall–Kier alpha value is -1.95. The molecule has 0 radical (unpaired) electrons. The smallest absolute Gasteiger partial charge is 0.273 e. The highest BCUT2D eigenvalue weighted by atomic mass is 16.6. The van der Waals surface area contributed by atoms with E-state index in [1.54, 1.807) is 12.1 Å². The molecule has 0 unspecified atom stereocenters. The lowest BCUT2D eigenvalue weighted by atomic mass is 10.1. The van der Waals surface area contributed by atoms with Crippen LogP contribution in [0.15, 0.2) is 18.2 Å². The third kappa shape index (κ3) is 3.32. The van der Waals surface area contributed by atoms with Crippen molar-refractivity contribution in [2.75, 3.05) is 6.54 Å². The maximum Gasteiger partial charge on any atom is 0.273 e. The second kappa shape index (κ2) is 5.22. The van der Waals surface area contributed by atoms with E-state index in [-0.39, 0.29) is 18.8 Å². The maximum atomic E-state index is 10.7. The zero-order chi connectivity index (χ0) is 12.1. The molecule has 0 heterocycles. The first-order valence-corrected chi connectivity index (χ1v) is 4.65. The van der Waals surface area contributed by atoms with Crippen LogP contribution in [0.4, 0.5) is 5.69 Å². The Morgan fingerprint density at radius 3 is 2.75 bits per heavy atom. The quantitative estimate of drug-likeness (QED) is 0.548. The van der Waals surface area contributed by atoms with Gasteiger partial charge in [-0.15, -0.1) is 0 Å². The summed E-state index contributed by atoms with van der Waals surface area (Å²) in [4.78, 5) is 20.4. The molecule has 0 fully saturated rings. The summed E-state index contributed by atoms with van der Waals surface area (Å²) in [5.74, 6) is -1.24. The van der Waals surface area contributed by atoms with E-state index in [1.807, 2.05) is 6.92 Å². The van der Waals surface area contributed by atoms with Crippen molar-refractivity contribution in [2.45, 2.75) is 13.5 Å². The molecule has 0 aromatic heterocycles. The molecule has 0 saturated heterocycles. The molecule has 0 aliphatic rings. The fourth-order valence-corrected chi connectivity index (χ4v) is 1.33. The molecule has 0 bridgehead atoms. The van der Waals surface area contributed by atoms with Crippen LogP contribution in [0.3, 0.4) is 0 Å². The average molecular weight is 223 g/mol. The third-order valence-electron chi connectivity index (χ3n) is 2.02. The lowest BCUT2D eigenvalue weighted by Gasteiger charge is -2.06. The van der Waals surface area contributed by atoms with Gasteiger partial charge in [-0.1, -0.05) is 11.6 Å². The first-order valence-electron chi connectivity index (χ1n) is 4.65. The summed E-state index contributed by atoms with van der Waals surface area (Å²) in [5.41, 5.74) is 1.33. The Morgan fingerprint density at radius 1 is 1.50 bits per heavy atom. The van der Waals surface area contributed by atoms with E-state index in [0.717, 1.165) is 5.56 Å². The van der Waals surface area contributed by atoms with Gasteiger partial charge >= 0.3 is 0 Å². The van der Waals surface area contributed by atoms with Crippen LogP contribution in [0, 0.1) is 17.0 Å². The first-order chi connectivity index (χ1) is 7.50. The minimum atomic E-state index is -1.24. The molecule has 6 heteroatoms. The number of benzene rings is 1. The number of hydrogen-bond acceptors (Lipinski definition) is 5. The van der Waals surface area contributed by atoms with Crippen LogP contribution in [-0.2, 0) is 11.3 Å². The van der Waals surface area contributed by atoms with Gasteiger partial charge in [0.1, 0.15) is 0 Å². The number of carboxylic acid groups (broad SMARTS) is 1. The lowest BCUT2D eigenvalue weighted by Crippen LogP contribution is -2.34. The Bertz CT molecular complexity index is 417. The molecule has 1 rings (SSSR count). The van der Waals surface area contributed by atoms with Gasteiger partial charge in [0.15, 0.2) is 0 Å². The third-order valence-corrected chi connectivity index (χ3v) is 2.02. The lowest BCUT2D eigenvalue weighted by molar-refractivity contribution is -0.385. The van der Waals surface area contributed by atoms with Gasteiger partial charge in [0.25, 0.3) is 5.69 Å². The summed E-state index contributed by atoms with van der Waals surface area (Å²) in [6, 6.07) is 4.70. The second-order valence-electron chi connectivity index (χ2n) is 3.36. The van der Waals surface area contributed by atoms with Crippen molar-refractivity contribution < 1.29 is 14.8 Å². The molecule has 16 heavy (non-hydrogen) atoms. The fraction of sp³-hybridized carbons (Fsp3) is 0.300. The normalized spacial score (nSPS) is 10.1. The predicted molar refractivity (Wildman–Crippen MR) is 54.5 cm³/mol. The number of nitrogens with one attached hydrogen (secondary N) is 1. The standard InChI is InChI=1S/C10H12N2O4/c1-7-2-3-9(12(15)16)8(4-7)5-11-6-10(13)14/h2-4,11H,5-6H2,1H3,(H,13,14)/p-1. The van der Waals surface area contributed by atoms with Gasteiger partial charge in [-0.3, -0.25) is 10.1 Å². The first kappa shape index (κ1) is 12.1. The van der Waals surface area contributed by atoms with Crippen LogP contribution < -0.4 is 10.4 Å². The van der Waals surface area contributed by atoms with E-state index in [9.17, 15) is 20.0 Å². The van der Waals surface area contributed by atoms with Gasteiger partial charge in [0, 0.05) is 24.7 Å². The Labute approximate surface area is 92.0 Å². The summed E-state index contributed by atoms with van der Waals surface area (Å²) in [5, 5.41) is 23.4. The SMILES string of the molecule is Cc1ccc([N+](=O)[O-])c(CNCC(=O)[O-])c1. The molecule has 6 nitrogen and oxygen atoms in total. The predicted octanol–water partition coefficient (Wildman–Crippen LogP) is -0.257. The summed E-state index contributed by atoms with van der Waals surface area (Å²) in [7, 11) is 0. The molecule has 1 N–H and O–H groups in total. The van der Waals surface area contributed by atoms with Crippen molar-refractivity contribution in [2.24, 2.45) is 0 Å². The summed E-state index contributed by atoms with van der Waals surface area (Å²) >= 11 is 0. The minimum Gasteiger partial charge on any atom is -0.549 e. The van der Waals surface area contributed by atoms with Crippen LogP contribution in [0.5, 0.6) is 0 Å². The number of carbonyl (C=O) groups excluding carboxylic acids is 1. The monoisotopic (exact) mass is 223 g/mol. The molecule has 0 amide bonds. The molecule has 1 aromatic carbocycles. The van der Waals surface area contributed by atoms with Crippen molar-refractivity contribution in [3.05, 3.63) is 39.4 Å². The Morgan fingerprint density at radius 2 is 2.19 bits per heavy atom. The van der Waals surface area contributed by atoms with Crippen molar-refractivity contribution in [1.82, 2.24) is 5.32 Å². The van der Waals surface area contributed by atoms with Crippen LogP contribution >= 0.6 is 0 Å². The zero-order valence-corrected chi connectivity index (χ0v) is 8.73. The van der Waals surface area contributed by atoms with Crippen molar-refractivity contribution in [1.29, 1.82) is 0 Å². The molecule has 0 saturated carbocycles. The summed E-state index contributed by atoms with van der Waals surface area (Å²) < 4.78 is 0. The topological polar surface area (TPSA) is 95.3 Å². The second-order valence-corrected chi connectivity index (χ2v) is 3.36. The molecule has 0 aliphatic heterocycles. The maximum absolute atomic E-state index is 10.7. The number of aryl methyl sites for hydroxylation is 1. The Kier molecular flexibility index (Phi) is 3.96. The molecular weight excluding hydrogens is 212 g/mol. The highest BCUT2D eigenvalue weighted by molar-refractivity contribution is 5.66. The molecular formula is C10H11N2O4-. The number of hydrogen-bond donors (Lipinski definition) is 1. The average Bonchev–Trinajstić information content (AvgIpc) is 2.16. The molecule has 1 aromatic rings. The summed E-state index contributed by atoms with van der Waals surface area (Å²) in [6.45, 7) is 1.61. The van der Waals surface area contributed by atoms with Crippen molar-refractivity contribution in [3.63, 3.8) is 0 Å². The van der Waals surface area contributed by atoms with Gasteiger partial charge in [-0.2, -0.15) is 0 Å². The fourth-order valence-electron chi connectivity index (χ4n) is 1.33. The number of nitrogens with zero attached hydrogens (tertiary/aromatic N) is 1. The molecule has 0 spiro atoms. The van der Waals surface area contributed by atoms with Crippen molar-refractivity contribution in [3.8, 4) is 0 Å². The van der Waals surface area contributed by atoms with E-state index < -0.39 is 10.9 Å². The van der Waals surface area contributed by atoms with Crippen LogP contribution in [0.2, 0.25) is 0 Å². The number of aliphatic carboxylic acids is 1. The number of nitro benzene ring substituents is 1. The molecule has 0 aliphatic carbocycles. The van der Waals surface area contributed by atoms with Crippen LogP contribution in [0.25, 0.3) is 0 Å². The number of carboxylic acids is 1. The largest absolute Gasteiger partial charge is 0.549 e. The van der Waals surface area contributed by atoms with E-state index in [2.05, 4.69) is 5.32 Å². The molecule has 0 atom stereocenters. The highest BCUT2D eigenvalue weighted by Gasteiger charge is 2.12.